The third-order valence-electron chi connectivity index (χ3n) is 5.77. The van der Waals surface area contributed by atoms with Crippen LogP contribution in [0.25, 0.3) is 0 Å². The SMILES string of the molecule is Cc1ccc(S(=O)(=O)N[C@H](C(=O)N2CCC(C(=O)N[C@H](C(=O)O)C(C)O)CC2)C(C)C)cc1. The van der Waals surface area contributed by atoms with Crippen LogP contribution in [0.5, 0.6) is 0 Å². The van der Waals surface area contributed by atoms with Gasteiger partial charge < -0.3 is 20.4 Å². The smallest absolute Gasteiger partial charge is 0.328 e. The molecule has 1 aliphatic rings. The van der Waals surface area contributed by atoms with Crippen molar-refractivity contribution < 1.29 is 33.0 Å². The molecule has 0 aromatic heterocycles. The summed E-state index contributed by atoms with van der Waals surface area (Å²) in [7, 11) is -3.90. The number of carbonyl (C=O) groups excluding carboxylic acids is 2. The van der Waals surface area contributed by atoms with Crippen molar-refractivity contribution in [2.24, 2.45) is 11.8 Å². The number of nitrogens with one attached hydrogen (secondary N) is 2. The number of nitrogens with zero attached hydrogens (tertiary/aromatic N) is 1. The van der Waals surface area contributed by atoms with Crippen LogP contribution in [0.1, 0.15) is 39.2 Å². The van der Waals surface area contributed by atoms with Gasteiger partial charge in [0.2, 0.25) is 21.8 Å². The van der Waals surface area contributed by atoms with Crippen LogP contribution in [0.2, 0.25) is 0 Å². The number of carbonyl (C=O) groups is 3. The number of aryl methyl sites for hydroxylation is 1. The van der Waals surface area contributed by atoms with Gasteiger partial charge in [-0.05, 0) is 44.7 Å². The first-order valence-electron chi connectivity index (χ1n) is 10.9. The molecule has 2 amide bonds. The Balaban J connectivity index is 2.02. The third-order valence-corrected chi connectivity index (χ3v) is 7.23. The van der Waals surface area contributed by atoms with E-state index in [1.165, 1.54) is 24.0 Å². The predicted molar refractivity (Wildman–Crippen MR) is 121 cm³/mol. The van der Waals surface area contributed by atoms with Crippen LogP contribution in [0, 0.1) is 18.8 Å². The number of carboxylic acids is 1. The Morgan fingerprint density at radius 2 is 1.58 bits per heavy atom. The normalized spacial score (nSPS) is 17.9. The number of likely N-dealkylation sites (tertiary alicyclic amines) is 1. The fraction of sp³-hybridized carbons (Fsp3) is 0.591. The van der Waals surface area contributed by atoms with Crippen molar-refractivity contribution in [1.82, 2.24) is 14.9 Å². The second kappa shape index (κ2) is 11.1. The molecule has 1 heterocycles. The van der Waals surface area contributed by atoms with E-state index in [2.05, 4.69) is 10.0 Å². The first-order chi connectivity index (χ1) is 15.3. The maximum Gasteiger partial charge on any atom is 0.328 e. The van der Waals surface area contributed by atoms with E-state index in [1.807, 2.05) is 6.92 Å². The Labute approximate surface area is 194 Å². The maximum atomic E-state index is 13.1. The van der Waals surface area contributed by atoms with Crippen molar-refractivity contribution in [3.63, 3.8) is 0 Å². The number of rotatable bonds is 9. The first-order valence-corrected chi connectivity index (χ1v) is 12.4. The predicted octanol–water partition coefficient (Wildman–Crippen LogP) is 0.487. The number of sulfonamides is 1. The summed E-state index contributed by atoms with van der Waals surface area (Å²) >= 11 is 0. The van der Waals surface area contributed by atoms with Crippen LogP contribution in [-0.2, 0) is 24.4 Å². The number of hydrogen-bond donors (Lipinski definition) is 4. The highest BCUT2D eigenvalue weighted by molar-refractivity contribution is 7.89. The van der Waals surface area contributed by atoms with Gasteiger partial charge in [-0.1, -0.05) is 31.5 Å². The lowest BCUT2D eigenvalue weighted by Crippen LogP contribution is -2.54. The molecule has 0 spiro atoms. The Kier molecular flexibility index (Phi) is 8.98. The molecule has 0 saturated carbocycles. The number of amides is 2. The highest BCUT2D eigenvalue weighted by Gasteiger charge is 2.36. The van der Waals surface area contributed by atoms with Gasteiger partial charge >= 0.3 is 5.97 Å². The van der Waals surface area contributed by atoms with E-state index in [1.54, 1.807) is 26.0 Å². The second-order valence-electron chi connectivity index (χ2n) is 8.82. The molecule has 1 aliphatic heterocycles. The van der Waals surface area contributed by atoms with Crippen molar-refractivity contribution in [2.75, 3.05) is 13.1 Å². The van der Waals surface area contributed by atoms with Gasteiger partial charge in [-0.2, -0.15) is 4.72 Å². The highest BCUT2D eigenvalue weighted by Crippen LogP contribution is 2.21. The van der Waals surface area contributed by atoms with Crippen molar-refractivity contribution >= 4 is 27.8 Å². The van der Waals surface area contributed by atoms with Crippen LogP contribution in [0.4, 0.5) is 0 Å². The molecule has 11 heteroatoms. The molecule has 3 atom stereocenters. The average molecular weight is 484 g/mol. The minimum absolute atomic E-state index is 0.0769. The number of aliphatic hydroxyl groups is 1. The van der Waals surface area contributed by atoms with Crippen LogP contribution < -0.4 is 10.0 Å². The molecule has 1 aromatic rings. The zero-order valence-electron chi connectivity index (χ0n) is 19.3. The fourth-order valence-electron chi connectivity index (χ4n) is 3.64. The van der Waals surface area contributed by atoms with Gasteiger partial charge in [0.15, 0.2) is 6.04 Å². The Morgan fingerprint density at radius 1 is 1.03 bits per heavy atom. The van der Waals surface area contributed by atoms with E-state index in [9.17, 15) is 27.9 Å². The number of piperidine rings is 1. The fourth-order valence-corrected chi connectivity index (χ4v) is 4.98. The zero-order valence-corrected chi connectivity index (χ0v) is 20.1. The molecule has 33 heavy (non-hydrogen) atoms. The minimum atomic E-state index is -3.90. The van der Waals surface area contributed by atoms with Crippen LogP contribution >= 0.6 is 0 Å². The van der Waals surface area contributed by atoms with Crippen molar-refractivity contribution in [3.05, 3.63) is 29.8 Å². The maximum absolute atomic E-state index is 13.1. The molecule has 1 saturated heterocycles. The summed E-state index contributed by atoms with van der Waals surface area (Å²) in [5.74, 6) is -2.99. The number of hydrogen-bond acceptors (Lipinski definition) is 6. The number of aliphatic carboxylic acids is 1. The highest BCUT2D eigenvalue weighted by atomic mass is 32.2. The molecule has 0 aliphatic carbocycles. The average Bonchev–Trinajstić information content (AvgIpc) is 2.75. The molecule has 2 rings (SSSR count). The lowest BCUT2D eigenvalue weighted by atomic mass is 9.94. The zero-order chi connectivity index (χ0) is 24.9. The lowest BCUT2D eigenvalue weighted by molar-refractivity contribution is -0.146. The Hall–Kier alpha value is -2.50. The number of benzene rings is 1. The summed E-state index contributed by atoms with van der Waals surface area (Å²) in [4.78, 5) is 38.3. The van der Waals surface area contributed by atoms with Crippen molar-refractivity contribution in [1.29, 1.82) is 0 Å². The van der Waals surface area contributed by atoms with Gasteiger partial charge in [-0.3, -0.25) is 9.59 Å². The Morgan fingerprint density at radius 3 is 2.03 bits per heavy atom. The third kappa shape index (κ3) is 6.99. The molecule has 10 nitrogen and oxygen atoms in total. The lowest BCUT2D eigenvalue weighted by Gasteiger charge is -2.35. The van der Waals surface area contributed by atoms with E-state index in [-0.39, 0.29) is 29.8 Å². The van der Waals surface area contributed by atoms with E-state index >= 15 is 0 Å². The molecule has 184 valence electrons. The van der Waals surface area contributed by atoms with Crippen LogP contribution in [0.3, 0.4) is 0 Å². The van der Waals surface area contributed by atoms with Crippen LogP contribution in [0.15, 0.2) is 29.2 Å². The summed E-state index contributed by atoms with van der Waals surface area (Å²) in [6.45, 7) is 7.10. The van der Waals surface area contributed by atoms with E-state index in [0.29, 0.717) is 12.8 Å². The monoisotopic (exact) mass is 483 g/mol. The molecular formula is C22H33N3O7S. The molecular weight excluding hydrogens is 450 g/mol. The van der Waals surface area contributed by atoms with Gasteiger partial charge in [0.05, 0.1) is 11.0 Å². The summed E-state index contributed by atoms with van der Waals surface area (Å²) in [5.41, 5.74) is 0.917. The van der Waals surface area contributed by atoms with E-state index < -0.39 is 46.0 Å². The summed E-state index contributed by atoms with van der Waals surface area (Å²) in [5, 5.41) is 21.0. The van der Waals surface area contributed by atoms with Gasteiger partial charge in [-0.15, -0.1) is 0 Å². The van der Waals surface area contributed by atoms with Crippen LogP contribution in [-0.4, -0.2) is 72.6 Å². The standard InChI is InChI=1S/C22H33N3O7S/c1-13(2)18(24-33(31,32)17-7-5-14(3)6-8-17)21(28)25-11-9-16(10-12-25)20(27)23-19(15(4)26)22(29)30/h5-8,13,15-16,18-19,24,26H,9-12H2,1-4H3,(H,23,27)(H,29,30)/t15?,18-,19-/m0/s1. The number of aliphatic hydroxyl groups excluding tert-OH is 1. The molecule has 0 bridgehead atoms. The largest absolute Gasteiger partial charge is 0.480 e. The molecule has 0 radical (unpaired) electrons. The minimum Gasteiger partial charge on any atom is -0.480 e. The molecule has 1 fully saturated rings. The first kappa shape index (κ1) is 26.7. The molecule has 4 N–H and O–H groups in total. The van der Waals surface area contributed by atoms with E-state index in [0.717, 1.165) is 5.56 Å². The molecule has 1 unspecified atom stereocenters. The van der Waals surface area contributed by atoms with Gasteiger partial charge in [0.1, 0.15) is 6.04 Å². The summed E-state index contributed by atoms with van der Waals surface area (Å²) in [6, 6.07) is 3.97. The van der Waals surface area contributed by atoms with Gasteiger partial charge in [-0.25, -0.2) is 13.2 Å². The van der Waals surface area contributed by atoms with E-state index in [4.69, 9.17) is 5.11 Å². The number of carboxylic acid groups (broad SMARTS) is 1. The van der Waals surface area contributed by atoms with Gasteiger partial charge in [0, 0.05) is 19.0 Å². The topological polar surface area (TPSA) is 153 Å². The van der Waals surface area contributed by atoms with Crippen molar-refractivity contribution in [2.45, 2.75) is 63.6 Å². The summed E-state index contributed by atoms with van der Waals surface area (Å²) < 4.78 is 28.1. The van der Waals surface area contributed by atoms with Crippen molar-refractivity contribution in [3.8, 4) is 0 Å². The summed E-state index contributed by atoms with van der Waals surface area (Å²) in [6.07, 6.45) is -0.639. The van der Waals surface area contributed by atoms with Gasteiger partial charge in [0.25, 0.3) is 0 Å². The second-order valence-corrected chi connectivity index (χ2v) is 10.5. The molecule has 1 aromatic carbocycles. The Bertz CT molecular complexity index is 953. The quantitative estimate of drug-likeness (QED) is 0.399.